The predicted molar refractivity (Wildman–Crippen MR) is 121 cm³/mol. The molecule has 1 aliphatic rings. The third kappa shape index (κ3) is 5.77. The number of thioether (sulfide) groups is 1. The minimum absolute atomic E-state index is 0.181. The number of likely N-dealkylation sites (tertiary alicyclic amines) is 1. The molecule has 0 unspecified atom stereocenters. The first-order chi connectivity index (χ1) is 13.8. The summed E-state index contributed by atoms with van der Waals surface area (Å²) in [6.07, 6.45) is 2.71. The van der Waals surface area contributed by atoms with Gasteiger partial charge in [0.1, 0.15) is 5.60 Å². The molecule has 0 bridgehead atoms. The van der Waals surface area contributed by atoms with Crippen molar-refractivity contribution in [3.63, 3.8) is 0 Å². The SMILES string of the molecule is CSCCC1(NC(=O)OC(C)(C)C)CN(C(c2ccccc2)c2ccccc2)C1. The van der Waals surface area contributed by atoms with Gasteiger partial charge in [0.25, 0.3) is 0 Å². The van der Waals surface area contributed by atoms with Crippen LogP contribution in [0.5, 0.6) is 0 Å². The highest BCUT2D eigenvalue weighted by Gasteiger charge is 2.47. The average Bonchev–Trinajstić information content (AvgIpc) is 2.65. The number of benzene rings is 2. The molecule has 1 aliphatic heterocycles. The maximum Gasteiger partial charge on any atom is 0.408 e. The van der Waals surface area contributed by atoms with Crippen LogP contribution in [0.4, 0.5) is 4.79 Å². The van der Waals surface area contributed by atoms with E-state index in [1.807, 2.05) is 32.5 Å². The molecule has 1 heterocycles. The number of carbonyl (C=O) groups is 1. The molecular formula is C24H32N2O2S. The van der Waals surface area contributed by atoms with Gasteiger partial charge < -0.3 is 10.1 Å². The van der Waals surface area contributed by atoms with Gasteiger partial charge in [-0.1, -0.05) is 60.7 Å². The van der Waals surface area contributed by atoms with Crippen LogP contribution in [0.1, 0.15) is 44.4 Å². The quantitative estimate of drug-likeness (QED) is 0.686. The van der Waals surface area contributed by atoms with Crippen molar-refractivity contribution in [2.75, 3.05) is 25.1 Å². The summed E-state index contributed by atoms with van der Waals surface area (Å²) >= 11 is 1.81. The van der Waals surface area contributed by atoms with Gasteiger partial charge in [0.15, 0.2) is 0 Å². The van der Waals surface area contributed by atoms with Crippen LogP contribution < -0.4 is 5.32 Å². The molecule has 2 aromatic rings. The topological polar surface area (TPSA) is 41.6 Å². The van der Waals surface area contributed by atoms with Gasteiger partial charge in [-0.15, -0.1) is 0 Å². The number of amides is 1. The first kappa shape index (κ1) is 21.7. The number of carbonyl (C=O) groups excluding carboxylic acids is 1. The van der Waals surface area contributed by atoms with Crippen LogP contribution in [-0.2, 0) is 4.74 Å². The van der Waals surface area contributed by atoms with Gasteiger partial charge in [0, 0.05) is 13.1 Å². The summed E-state index contributed by atoms with van der Waals surface area (Å²) in [5, 5.41) is 3.19. The van der Waals surface area contributed by atoms with Crippen molar-refractivity contribution in [3.05, 3.63) is 71.8 Å². The van der Waals surface area contributed by atoms with Gasteiger partial charge in [-0.25, -0.2) is 4.79 Å². The number of ether oxygens (including phenoxy) is 1. The normalized spacial score (nSPS) is 16.3. The number of rotatable bonds is 7. The smallest absolute Gasteiger partial charge is 0.408 e. The Morgan fingerprint density at radius 2 is 1.59 bits per heavy atom. The zero-order chi connectivity index (χ0) is 20.9. The molecule has 1 amide bonds. The van der Waals surface area contributed by atoms with Crippen molar-refractivity contribution in [2.24, 2.45) is 0 Å². The third-order valence-electron chi connectivity index (χ3n) is 5.16. The second-order valence-electron chi connectivity index (χ2n) is 8.78. The standard InChI is InChI=1S/C24H32N2O2S/c1-23(2,3)28-22(27)25-24(15-16-29-4)17-26(18-24)21(19-11-7-5-8-12-19)20-13-9-6-10-14-20/h5-14,21H,15-18H2,1-4H3,(H,25,27). The lowest BCUT2D eigenvalue weighted by Gasteiger charge is -2.53. The fraction of sp³-hybridized carbons (Fsp3) is 0.458. The van der Waals surface area contributed by atoms with E-state index in [2.05, 4.69) is 77.1 Å². The van der Waals surface area contributed by atoms with Crippen LogP contribution in [0.25, 0.3) is 0 Å². The summed E-state index contributed by atoms with van der Waals surface area (Å²) in [5.41, 5.74) is 1.81. The maximum atomic E-state index is 12.5. The van der Waals surface area contributed by atoms with Crippen molar-refractivity contribution in [1.29, 1.82) is 0 Å². The number of hydrogen-bond acceptors (Lipinski definition) is 4. The predicted octanol–water partition coefficient (Wildman–Crippen LogP) is 5.11. The fourth-order valence-electron chi connectivity index (χ4n) is 3.92. The van der Waals surface area contributed by atoms with E-state index in [9.17, 15) is 4.79 Å². The Kier molecular flexibility index (Phi) is 6.91. The van der Waals surface area contributed by atoms with Crippen LogP contribution >= 0.6 is 11.8 Å². The molecule has 1 saturated heterocycles. The number of hydrogen-bond donors (Lipinski definition) is 1. The monoisotopic (exact) mass is 412 g/mol. The summed E-state index contributed by atoms with van der Waals surface area (Å²) < 4.78 is 5.54. The van der Waals surface area contributed by atoms with Gasteiger partial charge in [0.05, 0.1) is 11.6 Å². The summed E-state index contributed by atoms with van der Waals surface area (Å²) in [7, 11) is 0. The van der Waals surface area contributed by atoms with E-state index < -0.39 is 5.60 Å². The first-order valence-electron chi connectivity index (χ1n) is 10.2. The molecule has 0 saturated carbocycles. The van der Waals surface area contributed by atoms with E-state index in [0.717, 1.165) is 25.3 Å². The zero-order valence-corrected chi connectivity index (χ0v) is 18.7. The van der Waals surface area contributed by atoms with E-state index in [-0.39, 0.29) is 17.7 Å². The number of nitrogens with zero attached hydrogens (tertiary/aromatic N) is 1. The van der Waals surface area contributed by atoms with Gasteiger partial charge in [0.2, 0.25) is 0 Å². The lowest BCUT2D eigenvalue weighted by Crippen LogP contribution is -2.71. The molecule has 156 valence electrons. The Bertz CT molecular complexity index is 744. The molecular weight excluding hydrogens is 380 g/mol. The van der Waals surface area contributed by atoms with Crippen molar-refractivity contribution < 1.29 is 9.53 Å². The minimum Gasteiger partial charge on any atom is -0.444 e. The highest BCUT2D eigenvalue weighted by atomic mass is 32.2. The number of alkyl carbamates (subject to hydrolysis) is 1. The van der Waals surface area contributed by atoms with Crippen LogP contribution in [-0.4, -0.2) is 47.2 Å². The lowest BCUT2D eigenvalue weighted by molar-refractivity contribution is -0.00291. The maximum absolute atomic E-state index is 12.5. The lowest BCUT2D eigenvalue weighted by atomic mass is 9.83. The number of nitrogens with one attached hydrogen (secondary N) is 1. The van der Waals surface area contributed by atoms with Gasteiger partial charge in [-0.3, -0.25) is 4.90 Å². The molecule has 0 aliphatic carbocycles. The van der Waals surface area contributed by atoms with E-state index >= 15 is 0 Å². The van der Waals surface area contributed by atoms with Crippen LogP contribution in [0, 0.1) is 0 Å². The van der Waals surface area contributed by atoms with E-state index in [1.54, 1.807) is 0 Å². The Morgan fingerprint density at radius 1 is 1.07 bits per heavy atom. The van der Waals surface area contributed by atoms with Crippen molar-refractivity contribution >= 4 is 17.9 Å². The highest BCUT2D eigenvalue weighted by molar-refractivity contribution is 7.98. The third-order valence-corrected chi connectivity index (χ3v) is 5.77. The molecule has 1 N–H and O–H groups in total. The van der Waals surface area contributed by atoms with Gasteiger partial charge >= 0.3 is 6.09 Å². The van der Waals surface area contributed by atoms with Gasteiger partial charge in [-0.05, 0) is 50.3 Å². The molecule has 5 heteroatoms. The molecule has 29 heavy (non-hydrogen) atoms. The first-order valence-corrected chi connectivity index (χ1v) is 11.6. The van der Waals surface area contributed by atoms with Gasteiger partial charge in [-0.2, -0.15) is 11.8 Å². The minimum atomic E-state index is -0.495. The highest BCUT2D eigenvalue weighted by Crippen LogP contribution is 2.37. The second kappa shape index (κ2) is 9.23. The van der Waals surface area contributed by atoms with Crippen molar-refractivity contribution in [1.82, 2.24) is 10.2 Å². The molecule has 0 aromatic heterocycles. The van der Waals surface area contributed by atoms with Crippen molar-refractivity contribution in [2.45, 2.75) is 44.4 Å². The summed E-state index contributed by atoms with van der Waals surface area (Å²) in [5.74, 6) is 1.00. The van der Waals surface area contributed by atoms with Crippen LogP contribution in [0.2, 0.25) is 0 Å². The largest absolute Gasteiger partial charge is 0.444 e. The molecule has 2 aromatic carbocycles. The Labute approximate surface area is 179 Å². The van der Waals surface area contributed by atoms with Crippen LogP contribution in [0.3, 0.4) is 0 Å². The molecule has 1 fully saturated rings. The summed E-state index contributed by atoms with van der Waals surface area (Å²) in [6, 6.07) is 21.4. The Morgan fingerprint density at radius 3 is 2.03 bits per heavy atom. The fourth-order valence-corrected chi connectivity index (χ4v) is 4.51. The van der Waals surface area contributed by atoms with E-state index in [0.29, 0.717) is 0 Å². The molecule has 0 radical (unpaired) electrons. The average molecular weight is 413 g/mol. The summed E-state index contributed by atoms with van der Waals surface area (Å²) in [4.78, 5) is 14.9. The van der Waals surface area contributed by atoms with Crippen molar-refractivity contribution in [3.8, 4) is 0 Å². The molecule has 4 nitrogen and oxygen atoms in total. The Balaban J connectivity index is 1.79. The zero-order valence-electron chi connectivity index (χ0n) is 17.9. The molecule has 0 spiro atoms. The molecule has 3 rings (SSSR count). The second-order valence-corrected chi connectivity index (χ2v) is 9.76. The summed E-state index contributed by atoms with van der Waals surface area (Å²) in [6.45, 7) is 7.31. The van der Waals surface area contributed by atoms with E-state index in [1.165, 1.54) is 11.1 Å². The van der Waals surface area contributed by atoms with Crippen LogP contribution in [0.15, 0.2) is 60.7 Å². The Hall–Kier alpha value is -1.98. The van der Waals surface area contributed by atoms with E-state index in [4.69, 9.17) is 4.74 Å². The molecule has 0 atom stereocenters.